The number of carbonyl (C=O) groups is 2. The maximum Gasteiger partial charge on any atom is 0.326 e. The Balaban J connectivity index is 2.50. The molecule has 1 unspecified atom stereocenters. The third kappa shape index (κ3) is 5.80. The molecule has 0 saturated heterocycles. The van der Waals surface area contributed by atoms with Crippen LogP contribution in [0.5, 0.6) is 0 Å². The molecule has 2 amide bonds. The van der Waals surface area contributed by atoms with E-state index in [1.54, 1.807) is 0 Å². The van der Waals surface area contributed by atoms with Gasteiger partial charge in [-0.05, 0) is 18.3 Å². The maximum absolute atomic E-state index is 12.0. The number of hydrogen-bond acceptors (Lipinski definition) is 2. The summed E-state index contributed by atoms with van der Waals surface area (Å²) < 4.78 is 0. The van der Waals surface area contributed by atoms with Crippen LogP contribution in [0, 0.1) is 5.41 Å². The minimum absolute atomic E-state index is 0.171. The molecule has 0 aromatic rings. The van der Waals surface area contributed by atoms with Crippen molar-refractivity contribution in [3.05, 3.63) is 0 Å². The Kier molecular flexibility index (Phi) is 6.30. The molecular weight excluding hydrogens is 256 g/mol. The van der Waals surface area contributed by atoms with Gasteiger partial charge in [-0.15, -0.1) is 0 Å². The van der Waals surface area contributed by atoms with Gasteiger partial charge >= 0.3 is 12.0 Å². The van der Waals surface area contributed by atoms with Gasteiger partial charge in [-0.25, -0.2) is 9.59 Å². The summed E-state index contributed by atoms with van der Waals surface area (Å²) >= 11 is 0. The van der Waals surface area contributed by atoms with E-state index in [9.17, 15) is 14.7 Å². The zero-order valence-corrected chi connectivity index (χ0v) is 12.9. The van der Waals surface area contributed by atoms with Gasteiger partial charge in [0.15, 0.2) is 0 Å². The molecule has 0 aromatic heterocycles. The predicted octanol–water partition coefficient (Wildman–Crippen LogP) is 2.90. The number of carboxylic acids is 1. The van der Waals surface area contributed by atoms with E-state index in [2.05, 4.69) is 10.6 Å². The van der Waals surface area contributed by atoms with Crippen molar-refractivity contribution in [1.82, 2.24) is 10.6 Å². The van der Waals surface area contributed by atoms with Gasteiger partial charge in [0.25, 0.3) is 0 Å². The largest absolute Gasteiger partial charge is 0.480 e. The Labute approximate surface area is 121 Å². The molecule has 1 atom stereocenters. The molecule has 0 aromatic carbocycles. The molecular formula is C15H28N2O3. The fourth-order valence-corrected chi connectivity index (χ4v) is 2.61. The molecule has 0 spiro atoms. The number of amides is 2. The van der Waals surface area contributed by atoms with Crippen molar-refractivity contribution < 1.29 is 14.7 Å². The Morgan fingerprint density at radius 2 is 1.55 bits per heavy atom. The van der Waals surface area contributed by atoms with Crippen molar-refractivity contribution in [2.45, 2.75) is 77.8 Å². The van der Waals surface area contributed by atoms with Crippen LogP contribution in [-0.2, 0) is 4.79 Å². The van der Waals surface area contributed by atoms with E-state index in [0.717, 1.165) is 25.7 Å². The summed E-state index contributed by atoms with van der Waals surface area (Å²) in [6.45, 7) is 5.42. The third-order valence-electron chi connectivity index (χ3n) is 3.83. The highest BCUT2D eigenvalue weighted by Gasteiger charge is 2.32. The Hall–Kier alpha value is -1.26. The molecule has 116 valence electrons. The summed E-state index contributed by atoms with van der Waals surface area (Å²) in [6.07, 6.45) is 7.96. The van der Waals surface area contributed by atoms with E-state index in [1.807, 2.05) is 20.8 Å². The number of aliphatic carboxylic acids is 1. The van der Waals surface area contributed by atoms with Crippen LogP contribution in [0.15, 0.2) is 0 Å². The maximum atomic E-state index is 12.0. The summed E-state index contributed by atoms with van der Waals surface area (Å²) in [7, 11) is 0. The molecule has 1 aliphatic rings. The van der Waals surface area contributed by atoms with Crippen molar-refractivity contribution >= 4 is 12.0 Å². The molecule has 0 radical (unpaired) electrons. The van der Waals surface area contributed by atoms with Crippen LogP contribution in [-0.4, -0.2) is 29.2 Å². The predicted molar refractivity (Wildman–Crippen MR) is 78.7 cm³/mol. The van der Waals surface area contributed by atoms with Crippen LogP contribution >= 0.6 is 0 Å². The first-order valence-electron chi connectivity index (χ1n) is 7.60. The quantitative estimate of drug-likeness (QED) is 0.745. The average molecular weight is 284 g/mol. The Bertz CT molecular complexity index is 329. The second kappa shape index (κ2) is 7.50. The third-order valence-corrected chi connectivity index (χ3v) is 3.83. The molecule has 1 rings (SSSR count). The highest BCUT2D eigenvalue weighted by Crippen LogP contribution is 2.20. The van der Waals surface area contributed by atoms with Crippen LogP contribution < -0.4 is 10.6 Å². The topological polar surface area (TPSA) is 78.4 Å². The van der Waals surface area contributed by atoms with E-state index in [1.165, 1.54) is 19.3 Å². The smallest absolute Gasteiger partial charge is 0.326 e. The highest BCUT2D eigenvalue weighted by molar-refractivity contribution is 5.83. The normalized spacial score (nSPS) is 19.6. The lowest BCUT2D eigenvalue weighted by Gasteiger charge is -2.29. The monoisotopic (exact) mass is 284 g/mol. The van der Waals surface area contributed by atoms with Gasteiger partial charge < -0.3 is 15.7 Å². The molecule has 1 saturated carbocycles. The molecule has 20 heavy (non-hydrogen) atoms. The van der Waals surface area contributed by atoms with Crippen LogP contribution in [0.4, 0.5) is 4.79 Å². The van der Waals surface area contributed by atoms with Gasteiger partial charge in [0.2, 0.25) is 0 Å². The first-order valence-corrected chi connectivity index (χ1v) is 7.60. The number of carbonyl (C=O) groups excluding carboxylic acids is 1. The molecule has 1 aliphatic carbocycles. The van der Waals surface area contributed by atoms with E-state index in [0.29, 0.717) is 0 Å². The van der Waals surface area contributed by atoms with E-state index in [4.69, 9.17) is 0 Å². The SMILES string of the molecule is CC(C)(C)C(NC(=O)NC1CCCCCCC1)C(=O)O. The number of hydrogen-bond donors (Lipinski definition) is 3. The molecule has 1 fully saturated rings. The fourth-order valence-electron chi connectivity index (χ4n) is 2.61. The zero-order chi connectivity index (χ0) is 15.2. The number of carboxylic acid groups (broad SMARTS) is 1. The molecule has 0 heterocycles. The first-order chi connectivity index (χ1) is 9.30. The van der Waals surface area contributed by atoms with Crippen molar-refractivity contribution in [2.24, 2.45) is 5.41 Å². The van der Waals surface area contributed by atoms with Gasteiger partial charge in [0, 0.05) is 6.04 Å². The van der Waals surface area contributed by atoms with E-state index in [-0.39, 0.29) is 12.1 Å². The van der Waals surface area contributed by atoms with Gasteiger partial charge in [0.1, 0.15) is 6.04 Å². The number of rotatable bonds is 3. The Morgan fingerprint density at radius 1 is 1.05 bits per heavy atom. The van der Waals surface area contributed by atoms with Gasteiger partial charge in [0.05, 0.1) is 0 Å². The van der Waals surface area contributed by atoms with E-state index >= 15 is 0 Å². The van der Waals surface area contributed by atoms with Crippen molar-refractivity contribution in [1.29, 1.82) is 0 Å². The van der Waals surface area contributed by atoms with Crippen LogP contribution in [0.1, 0.15) is 65.7 Å². The van der Waals surface area contributed by atoms with Crippen LogP contribution in [0.2, 0.25) is 0 Å². The second-order valence-electron chi connectivity index (χ2n) is 6.80. The van der Waals surface area contributed by atoms with Crippen molar-refractivity contribution in [2.75, 3.05) is 0 Å². The van der Waals surface area contributed by atoms with Crippen LogP contribution in [0.25, 0.3) is 0 Å². The van der Waals surface area contributed by atoms with E-state index < -0.39 is 17.4 Å². The Morgan fingerprint density at radius 3 is 2.00 bits per heavy atom. The van der Waals surface area contributed by atoms with Crippen LogP contribution in [0.3, 0.4) is 0 Å². The number of urea groups is 1. The van der Waals surface area contributed by atoms with Gasteiger partial charge in [-0.1, -0.05) is 52.9 Å². The molecule has 0 aliphatic heterocycles. The first kappa shape index (κ1) is 16.8. The summed E-state index contributed by atoms with van der Waals surface area (Å²) in [5.41, 5.74) is -0.510. The minimum atomic E-state index is -0.995. The lowest BCUT2D eigenvalue weighted by atomic mass is 9.87. The molecule has 5 nitrogen and oxygen atoms in total. The van der Waals surface area contributed by atoms with Crippen molar-refractivity contribution in [3.8, 4) is 0 Å². The summed E-state index contributed by atoms with van der Waals surface area (Å²) in [5, 5.41) is 14.7. The molecule has 3 N–H and O–H groups in total. The fraction of sp³-hybridized carbons (Fsp3) is 0.867. The molecule has 5 heteroatoms. The summed E-state index contributed by atoms with van der Waals surface area (Å²) in [4.78, 5) is 23.2. The summed E-state index contributed by atoms with van der Waals surface area (Å²) in [6, 6.07) is -1.07. The zero-order valence-electron chi connectivity index (χ0n) is 12.9. The highest BCUT2D eigenvalue weighted by atomic mass is 16.4. The lowest BCUT2D eigenvalue weighted by Crippen LogP contribution is -2.54. The average Bonchev–Trinajstić information content (AvgIpc) is 2.27. The minimum Gasteiger partial charge on any atom is -0.480 e. The number of nitrogens with one attached hydrogen (secondary N) is 2. The van der Waals surface area contributed by atoms with Gasteiger partial charge in [-0.2, -0.15) is 0 Å². The lowest BCUT2D eigenvalue weighted by molar-refractivity contribution is -0.141. The van der Waals surface area contributed by atoms with Crippen molar-refractivity contribution in [3.63, 3.8) is 0 Å². The summed E-state index contributed by atoms with van der Waals surface area (Å²) in [5.74, 6) is -0.995. The second-order valence-corrected chi connectivity index (χ2v) is 6.80. The standard InChI is InChI=1S/C15H28N2O3/c1-15(2,3)12(13(18)19)17-14(20)16-11-9-7-5-4-6-8-10-11/h11-12H,4-10H2,1-3H3,(H,18,19)(H2,16,17,20). The van der Waals surface area contributed by atoms with Gasteiger partial charge in [-0.3, -0.25) is 0 Å². The molecule has 0 bridgehead atoms.